The minimum Gasteiger partial charge on any atom is -0.349 e. The van der Waals surface area contributed by atoms with Gasteiger partial charge >= 0.3 is 0 Å². The standard InChI is InChI=1S/C20H22N6O/c1-3-4-19-23-24-25-26(19)17-10-14(18-8-5-13(2)12-21-18)9-15(11-17)20(27)22-16-6-7-16/h5,8-12,16H,3-4,6-7H2,1-2H3,(H,22,27). The molecular weight excluding hydrogens is 340 g/mol. The van der Waals surface area contributed by atoms with Gasteiger partial charge in [-0.2, -0.15) is 4.68 Å². The highest BCUT2D eigenvalue weighted by Gasteiger charge is 2.24. The van der Waals surface area contributed by atoms with Gasteiger partial charge in [-0.05, 0) is 66.4 Å². The third kappa shape index (κ3) is 3.86. The summed E-state index contributed by atoms with van der Waals surface area (Å²) < 4.78 is 1.70. The molecule has 1 saturated carbocycles. The Hall–Kier alpha value is -3.09. The van der Waals surface area contributed by atoms with Crippen molar-refractivity contribution in [3.8, 4) is 16.9 Å². The number of pyridine rings is 1. The van der Waals surface area contributed by atoms with E-state index in [0.29, 0.717) is 11.6 Å². The highest BCUT2D eigenvalue weighted by atomic mass is 16.1. The summed E-state index contributed by atoms with van der Waals surface area (Å²) in [6.07, 6.45) is 5.63. The van der Waals surface area contributed by atoms with Gasteiger partial charge in [0.2, 0.25) is 0 Å². The summed E-state index contributed by atoms with van der Waals surface area (Å²) in [6.45, 7) is 4.08. The van der Waals surface area contributed by atoms with Crippen molar-refractivity contribution in [3.63, 3.8) is 0 Å². The molecule has 3 aromatic rings. The SMILES string of the molecule is CCCc1nnnn1-c1cc(C(=O)NC2CC2)cc(-c2ccc(C)cn2)c1. The van der Waals surface area contributed by atoms with Crippen LogP contribution in [-0.4, -0.2) is 37.1 Å². The van der Waals surface area contributed by atoms with Crippen LogP contribution in [0.2, 0.25) is 0 Å². The molecule has 2 aromatic heterocycles. The van der Waals surface area contributed by atoms with E-state index >= 15 is 0 Å². The maximum atomic E-state index is 12.7. The first-order valence-corrected chi connectivity index (χ1v) is 9.30. The molecule has 7 heteroatoms. The average Bonchev–Trinajstić information content (AvgIpc) is 3.37. The first kappa shape index (κ1) is 17.3. The van der Waals surface area contributed by atoms with Gasteiger partial charge in [-0.15, -0.1) is 5.10 Å². The minimum absolute atomic E-state index is 0.0715. The van der Waals surface area contributed by atoms with E-state index in [1.165, 1.54) is 0 Å². The lowest BCUT2D eigenvalue weighted by atomic mass is 10.0. The molecule has 1 fully saturated rings. The van der Waals surface area contributed by atoms with Crippen LogP contribution in [0.3, 0.4) is 0 Å². The van der Waals surface area contributed by atoms with Crippen LogP contribution >= 0.6 is 0 Å². The van der Waals surface area contributed by atoms with E-state index in [1.807, 2.05) is 43.5 Å². The fourth-order valence-corrected chi connectivity index (χ4v) is 2.93. The number of amides is 1. The fourth-order valence-electron chi connectivity index (χ4n) is 2.93. The second-order valence-corrected chi connectivity index (χ2v) is 6.99. The van der Waals surface area contributed by atoms with Crippen LogP contribution in [0, 0.1) is 6.92 Å². The Morgan fingerprint density at radius 3 is 2.81 bits per heavy atom. The van der Waals surface area contributed by atoms with Crippen molar-refractivity contribution < 1.29 is 4.79 Å². The molecule has 2 heterocycles. The Balaban J connectivity index is 1.79. The smallest absolute Gasteiger partial charge is 0.251 e. The Morgan fingerprint density at radius 1 is 1.26 bits per heavy atom. The summed E-state index contributed by atoms with van der Waals surface area (Å²) >= 11 is 0. The van der Waals surface area contributed by atoms with Crippen molar-refractivity contribution in [1.82, 2.24) is 30.5 Å². The number of carbonyl (C=O) groups is 1. The van der Waals surface area contributed by atoms with E-state index in [-0.39, 0.29) is 5.91 Å². The Bertz CT molecular complexity index is 959. The summed E-state index contributed by atoms with van der Waals surface area (Å²) in [4.78, 5) is 17.2. The van der Waals surface area contributed by atoms with Gasteiger partial charge in [0.1, 0.15) is 0 Å². The van der Waals surface area contributed by atoms with Crippen LogP contribution in [0.15, 0.2) is 36.5 Å². The van der Waals surface area contributed by atoms with Crippen LogP contribution in [0.25, 0.3) is 16.9 Å². The molecule has 1 aliphatic rings. The van der Waals surface area contributed by atoms with E-state index in [4.69, 9.17) is 0 Å². The van der Waals surface area contributed by atoms with Crippen molar-refractivity contribution in [2.75, 3.05) is 0 Å². The number of aryl methyl sites for hydroxylation is 2. The molecule has 0 radical (unpaired) electrons. The average molecular weight is 362 g/mol. The van der Waals surface area contributed by atoms with Crippen molar-refractivity contribution in [2.45, 2.75) is 45.6 Å². The summed E-state index contributed by atoms with van der Waals surface area (Å²) in [5.74, 6) is 0.706. The molecule has 0 saturated heterocycles. The first-order chi connectivity index (χ1) is 13.1. The van der Waals surface area contributed by atoms with E-state index in [2.05, 4.69) is 32.7 Å². The number of nitrogens with one attached hydrogen (secondary N) is 1. The largest absolute Gasteiger partial charge is 0.349 e. The molecule has 0 unspecified atom stereocenters. The molecule has 0 spiro atoms. The molecule has 1 aliphatic carbocycles. The Kier molecular flexibility index (Phi) is 4.66. The zero-order chi connectivity index (χ0) is 18.8. The molecule has 0 atom stereocenters. The second kappa shape index (κ2) is 7.26. The van der Waals surface area contributed by atoms with E-state index in [9.17, 15) is 4.79 Å². The number of carbonyl (C=O) groups excluding carboxylic acids is 1. The van der Waals surface area contributed by atoms with Gasteiger partial charge < -0.3 is 5.32 Å². The lowest BCUT2D eigenvalue weighted by Gasteiger charge is -2.11. The number of nitrogens with zero attached hydrogens (tertiary/aromatic N) is 5. The molecule has 7 nitrogen and oxygen atoms in total. The maximum Gasteiger partial charge on any atom is 0.251 e. The van der Waals surface area contributed by atoms with Crippen molar-refractivity contribution in [3.05, 3.63) is 53.5 Å². The normalized spacial score (nSPS) is 13.6. The molecule has 0 aliphatic heterocycles. The number of rotatable bonds is 6. The summed E-state index contributed by atoms with van der Waals surface area (Å²) in [5, 5.41) is 15.1. The highest BCUT2D eigenvalue weighted by Crippen LogP contribution is 2.25. The predicted molar refractivity (Wildman–Crippen MR) is 102 cm³/mol. The number of benzene rings is 1. The Morgan fingerprint density at radius 2 is 2.11 bits per heavy atom. The van der Waals surface area contributed by atoms with Crippen LogP contribution < -0.4 is 5.32 Å². The van der Waals surface area contributed by atoms with Gasteiger partial charge in [-0.3, -0.25) is 9.78 Å². The van der Waals surface area contributed by atoms with Crippen LogP contribution in [0.5, 0.6) is 0 Å². The third-order valence-corrected chi connectivity index (χ3v) is 4.55. The Labute approximate surface area is 157 Å². The lowest BCUT2D eigenvalue weighted by molar-refractivity contribution is 0.0951. The highest BCUT2D eigenvalue weighted by molar-refractivity contribution is 5.96. The van der Waals surface area contributed by atoms with Gasteiger partial charge in [0.15, 0.2) is 5.82 Å². The third-order valence-electron chi connectivity index (χ3n) is 4.55. The summed E-state index contributed by atoms with van der Waals surface area (Å²) in [6, 6.07) is 9.96. The lowest BCUT2D eigenvalue weighted by Crippen LogP contribution is -2.25. The zero-order valence-corrected chi connectivity index (χ0v) is 15.5. The number of hydrogen-bond donors (Lipinski definition) is 1. The van der Waals surface area contributed by atoms with Gasteiger partial charge in [0, 0.05) is 29.8 Å². The quantitative estimate of drug-likeness (QED) is 0.729. The molecular formula is C20H22N6O. The van der Waals surface area contributed by atoms with Gasteiger partial charge in [0.05, 0.1) is 11.4 Å². The molecule has 4 rings (SSSR count). The molecule has 1 aromatic carbocycles. The van der Waals surface area contributed by atoms with E-state index in [0.717, 1.165) is 54.0 Å². The van der Waals surface area contributed by atoms with Crippen LogP contribution in [-0.2, 0) is 6.42 Å². The monoisotopic (exact) mass is 362 g/mol. The maximum absolute atomic E-state index is 12.7. The van der Waals surface area contributed by atoms with Crippen molar-refractivity contribution in [1.29, 1.82) is 0 Å². The molecule has 27 heavy (non-hydrogen) atoms. The van der Waals surface area contributed by atoms with E-state index < -0.39 is 0 Å². The number of hydrogen-bond acceptors (Lipinski definition) is 5. The van der Waals surface area contributed by atoms with Gasteiger partial charge in [0.25, 0.3) is 5.91 Å². The molecule has 1 N–H and O–H groups in total. The fraction of sp³-hybridized carbons (Fsp3) is 0.350. The minimum atomic E-state index is -0.0715. The zero-order valence-electron chi connectivity index (χ0n) is 15.5. The van der Waals surface area contributed by atoms with Crippen LogP contribution in [0.4, 0.5) is 0 Å². The summed E-state index contributed by atoms with van der Waals surface area (Å²) in [7, 11) is 0. The topological polar surface area (TPSA) is 85.6 Å². The number of aromatic nitrogens is 5. The first-order valence-electron chi connectivity index (χ1n) is 9.30. The van der Waals surface area contributed by atoms with Crippen LogP contribution in [0.1, 0.15) is 47.9 Å². The van der Waals surface area contributed by atoms with E-state index in [1.54, 1.807) is 4.68 Å². The van der Waals surface area contributed by atoms with Gasteiger partial charge in [-0.1, -0.05) is 13.0 Å². The van der Waals surface area contributed by atoms with Gasteiger partial charge in [-0.25, -0.2) is 0 Å². The molecule has 0 bridgehead atoms. The summed E-state index contributed by atoms with van der Waals surface area (Å²) in [5.41, 5.74) is 4.13. The molecule has 138 valence electrons. The number of tetrazole rings is 1. The predicted octanol–water partition coefficient (Wildman–Crippen LogP) is 2.88. The second-order valence-electron chi connectivity index (χ2n) is 6.99. The molecule has 1 amide bonds. The van der Waals surface area contributed by atoms with Crippen molar-refractivity contribution in [2.24, 2.45) is 0 Å². The van der Waals surface area contributed by atoms with Crippen molar-refractivity contribution >= 4 is 5.91 Å².